The van der Waals surface area contributed by atoms with Crippen molar-refractivity contribution in [2.24, 2.45) is 0 Å². The molecule has 2 N–H and O–H groups in total. The molecule has 0 aromatic carbocycles. The Morgan fingerprint density at radius 3 is 1.91 bits per heavy atom. The van der Waals surface area contributed by atoms with Gasteiger partial charge in [0.05, 0.1) is 6.04 Å². The fourth-order valence-electron chi connectivity index (χ4n) is 2.27. The minimum absolute atomic E-state index is 0.122. The number of ketones is 1. The van der Waals surface area contributed by atoms with Gasteiger partial charge in [-0.3, -0.25) is 4.79 Å². The number of amides is 2. The summed E-state index contributed by atoms with van der Waals surface area (Å²) in [6, 6.07) is -1.30. The SMILES string of the molecule is CC(C)(C)OC(=O)N[C@@H]1CCCC(=O)[C@@H]1NC(=O)OC(C)(C)C. The molecule has 7 nitrogen and oxygen atoms in total. The van der Waals surface area contributed by atoms with E-state index in [1.807, 2.05) is 0 Å². The van der Waals surface area contributed by atoms with Crippen LogP contribution in [-0.4, -0.2) is 41.3 Å². The van der Waals surface area contributed by atoms with E-state index in [2.05, 4.69) is 10.6 Å². The number of hydrogen-bond acceptors (Lipinski definition) is 5. The maximum Gasteiger partial charge on any atom is 0.408 e. The van der Waals surface area contributed by atoms with E-state index in [1.54, 1.807) is 41.5 Å². The lowest BCUT2D eigenvalue weighted by Gasteiger charge is -2.32. The molecule has 0 heterocycles. The summed E-state index contributed by atoms with van der Waals surface area (Å²) in [5, 5.41) is 5.23. The number of rotatable bonds is 2. The van der Waals surface area contributed by atoms with Gasteiger partial charge in [0.1, 0.15) is 17.2 Å². The van der Waals surface area contributed by atoms with Crippen LogP contribution in [0.1, 0.15) is 60.8 Å². The van der Waals surface area contributed by atoms with Crippen LogP contribution in [0.5, 0.6) is 0 Å². The van der Waals surface area contributed by atoms with Crippen molar-refractivity contribution in [1.82, 2.24) is 10.6 Å². The second kappa shape index (κ2) is 7.19. The number of hydrogen-bond donors (Lipinski definition) is 2. The van der Waals surface area contributed by atoms with Crippen molar-refractivity contribution in [3.63, 3.8) is 0 Å². The molecule has 2 atom stereocenters. The molecule has 7 heteroatoms. The topological polar surface area (TPSA) is 93.7 Å². The molecule has 0 spiro atoms. The Morgan fingerprint density at radius 1 is 0.957 bits per heavy atom. The van der Waals surface area contributed by atoms with Crippen LogP contribution in [0.15, 0.2) is 0 Å². The van der Waals surface area contributed by atoms with E-state index in [-0.39, 0.29) is 5.78 Å². The molecule has 1 aliphatic carbocycles. The minimum atomic E-state index is -0.800. The number of ether oxygens (including phenoxy) is 2. The second-order valence-electron chi connectivity index (χ2n) is 7.74. The highest BCUT2D eigenvalue weighted by Crippen LogP contribution is 2.18. The summed E-state index contributed by atoms with van der Waals surface area (Å²) in [6.07, 6.45) is 0.339. The van der Waals surface area contributed by atoms with E-state index in [1.165, 1.54) is 0 Å². The van der Waals surface area contributed by atoms with Crippen LogP contribution in [0, 0.1) is 0 Å². The summed E-state index contributed by atoms with van der Waals surface area (Å²) >= 11 is 0. The summed E-state index contributed by atoms with van der Waals surface area (Å²) in [6.45, 7) is 10.5. The van der Waals surface area contributed by atoms with Crippen LogP contribution >= 0.6 is 0 Å². The van der Waals surface area contributed by atoms with Crippen molar-refractivity contribution >= 4 is 18.0 Å². The smallest absolute Gasteiger partial charge is 0.408 e. The van der Waals surface area contributed by atoms with Crippen molar-refractivity contribution in [3.8, 4) is 0 Å². The average Bonchev–Trinajstić information content (AvgIpc) is 2.28. The predicted molar refractivity (Wildman–Crippen MR) is 85.2 cm³/mol. The highest BCUT2D eigenvalue weighted by molar-refractivity contribution is 5.89. The molecule has 23 heavy (non-hydrogen) atoms. The van der Waals surface area contributed by atoms with Crippen molar-refractivity contribution < 1.29 is 23.9 Å². The number of alkyl carbamates (subject to hydrolysis) is 2. The zero-order valence-corrected chi connectivity index (χ0v) is 14.8. The Labute approximate surface area is 137 Å². The molecule has 1 saturated carbocycles. The number of carbonyl (C=O) groups excluding carboxylic acids is 3. The fraction of sp³-hybridized carbons (Fsp3) is 0.812. The first-order valence-electron chi connectivity index (χ1n) is 7.89. The maximum atomic E-state index is 12.1. The molecule has 0 unspecified atom stereocenters. The average molecular weight is 328 g/mol. The van der Waals surface area contributed by atoms with Gasteiger partial charge in [0.25, 0.3) is 0 Å². The van der Waals surface area contributed by atoms with E-state index in [9.17, 15) is 14.4 Å². The van der Waals surface area contributed by atoms with Gasteiger partial charge in [-0.25, -0.2) is 9.59 Å². The molecule has 1 rings (SSSR count). The molecule has 1 fully saturated rings. The van der Waals surface area contributed by atoms with E-state index in [4.69, 9.17) is 9.47 Å². The molecular formula is C16H28N2O5. The zero-order valence-electron chi connectivity index (χ0n) is 14.8. The molecule has 0 aromatic heterocycles. The Balaban J connectivity index is 2.70. The molecule has 132 valence electrons. The lowest BCUT2D eigenvalue weighted by atomic mass is 9.89. The standard InChI is InChI=1S/C16H28N2O5/c1-15(2,3)22-13(20)17-10-8-7-9-11(19)12(10)18-14(21)23-16(4,5)6/h10,12H,7-9H2,1-6H3,(H,17,20)(H,18,21)/t10-,12-/m1/s1. The summed E-state index contributed by atoms with van der Waals surface area (Å²) in [4.78, 5) is 35.9. The first-order chi connectivity index (χ1) is 10.4. The van der Waals surface area contributed by atoms with Gasteiger partial charge >= 0.3 is 12.2 Å². The lowest BCUT2D eigenvalue weighted by Crippen LogP contribution is -2.58. The van der Waals surface area contributed by atoms with Gasteiger partial charge in [-0.1, -0.05) is 0 Å². The van der Waals surface area contributed by atoms with Gasteiger partial charge in [-0.05, 0) is 54.4 Å². The van der Waals surface area contributed by atoms with Crippen LogP contribution < -0.4 is 10.6 Å². The minimum Gasteiger partial charge on any atom is -0.444 e. The summed E-state index contributed by atoms with van der Waals surface area (Å²) < 4.78 is 10.4. The Morgan fingerprint density at radius 2 is 1.43 bits per heavy atom. The Kier molecular flexibility index (Phi) is 6.02. The van der Waals surface area contributed by atoms with E-state index in [0.29, 0.717) is 19.3 Å². The summed E-state index contributed by atoms with van der Waals surface area (Å²) in [7, 11) is 0. The normalized spacial score (nSPS) is 22.3. The van der Waals surface area contributed by atoms with Gasteiger partial charge in [-0.15, -0.1) is 0 Å². The Hall–Kier alpha value is -1.79. The van der Waals surface area contributed by atoms with Crippen molar-refractivity contribution in [2.75, 3.05) is 0 Å². The van der Waals surface area contributed by atoms with Gasteiger partial charge in [0, 0.05) is 6.42 Å². The largest absolute Gasteiger partial charge is 0.444 e. The highest BCUT2D eigenvalue weighted by atomic mass is 16.6. The molecule has 0 radical (unpaired) electrons. The van der Waals surface area contributed by atoms with Crippen LogP contribution in [0.25, 0.3) is 0 Å². The van der Waals surface area contributed by atoms with Gasteiger partial charge in [0.15, 0.2) is 5.78 Å². The monoisotopic (exact) mass is 328 g/mol. The first kappa shape index (κ1) is 19.3. The predicted octanol–water partition coefficient (Wildman–Crippen LogP) is 2.53. The quantitative estimate of drug-likeness (QED) is 0.812. The molecular weight excluding hydrogens is 300 g/mol. The number of carbonyl (C=O) groups is 3. The van der Waals surface area contributed by atoms with Crippen LogP contribution in [-0.2, 0) is 14.3 Å². The molecule has 2 amide bonds. The second-order valence-corrected chi connectivity index (χ2v) is 7.74. The van der Waals surface area contributed by atoms with Gasteiger partial charge in [0.2, 0.25) is 0 Å². The van der Waals surface area contributed by atoms with Crippen LogP contribution in [0.4, 0.5) is 9.59 Å². The summed E-state index contributed by atoms with van der Waals surface area (Å²) in [5.41, 5.74) is -1.28. The summed E-state index contributed by atoms with van der Waals surface area (Å²) in [5.74, 6) is -0.122. The first-order valence-corrected chi connectivity index (χ1v) is 7.89. The molecule has 0 bridgehead atoms. The van der Waals surface area contributed by atoms with Gasteiger partial charge < -0.3 is 20.1 Å². The molecule has 0 saturated heterocycles. The molecule has 1 aliphatic rings. The maximum absolute atomic E-state index is 12.1. The van der Waals surface area contributed by atoms with E-state index in [0.717, 1.165) is 0 Å². The fourth-order valence-corrected chi connectivity index (χ4v) is 2.27. The van der Waals surface area contributed by atoms with E-state index < -0.39 is 35.5 Å². The van der Waals surface area contributed by atoms with Crippen LogP contribution in [0.3, 0.4) is 0 Å². The Bertz CT molecular complexity index is 462. The lowest BCUT2D eigenvalue weighted by molar-refractivity contribution is -0.123. The third kappa shape index (κ3) is 7.34. The molecule has 0 aliphatic heterocycles. The van der Waals surface area contributed by atoms with Crippen molar-refractivity contribution in [2.45, 2.75) is 84.1 Å². The highest BCUT2D eigenvalue weighted by Gasteiger charge is 2.36. The third-order valence-electron chi connectivity index (χ3n) is 3.06. The number of nitrogens with one attached hydrogen (secondary N) is 2. The van der Waals surface area contributed by atoms with Gasteiger partial charge in [-0.2, -0.15) is 0 Å². The van der Waals surface area contributed by atoms with Crippen molar-refractivity contribution in [3.05, 3.63) is 0 Å². The number of Topliss-reactive ketones (excluding diaryl/α,β-unsaturated/α-hetero) is 1. The third-order valence-corrected chi connectivity index (χ3v) is 3.06. The van der Waals surface area contributed by atoms with Crippen LogP contribution in [0.2, 0.25) is 0 Å². The van der Waals surface area contributed by atoms with Crippen molar-refractivity contribution in [1.29, 1.82) is 0 Å². The molecule has 0 aromatic rings. The van der Waals surface area contributed by atoms with E-state index >= 15 is 0 Å². The zero-order chi connectivity index (χ0) is 17.8.